The maximum Gasteiger partial charge on any atom is 0.0651 e. The molecule has 76 valence electrons. The molecule has 0 aromatic carbocycles. The summed E-state index contributed by atoms with van der Waals surface area (Å²) in [6, 6.07) is 0. The number of nitrogens with zero attached hydrogens (tertiary/aromatic N) is 1. The molecule has 0 atom stereocenters. The molecule has 0 aliphatic rings. The Kier molecular flexibility index (Phi) is 7.43. The van der Waals surface area contributed by atoms with E-state index in [1.54, 1.807) is 6.21 Å². The van der Waals surface area contributed by atoms with Crippen LogP contribution in [0.25, 0.3) is 0 Å². The Morgan fingerprint density at radius 2 is 2.00 bits per heavy atom. The van der Waals surface area contributed by atoms with Gasteiger partial charge in [0.15, 0.2) is 0 Å². The third-order valence-corrected chi connectivity index (χ3v) is 1.60. The Morgan fingerprint density at radius 1 is 1.29 bits per heavy atom. The van der Waals surface area contributed by atoms with Crippen molar-refractivity contribution in [2.45, 2.75) is 27.2 Å². The van der Waals surface area contributed by atoms with Crippen molar-refractivity contribution < 1.29 is 0 Å². The zero-order chi connectivity index (χ0) is 10.8. The lowest BCUT2D eigenvalue weighted by atomic mass is 10.2. The zero-order valence-corrected chi connectivity index (χ0v) is 9.33. The molecule has 0 spiro atoms. The fourth-order valence-corrected chi connectivity index (χ4v) is 0.967. The lowest BCUT2D eigenvalue weighted by molar-refractivity contribution is 1.17. The summed E-state index contributed by atoms with van der Waals surface area (Å²) in [7, 11) is 0. The van der Waals surface area contributed by atoms with Crippen molar-refractivity contribution in [2.75, 3.05) is 0 Å². The predicted octanol–water partition coefficient (Wildman–Crippen LogP) is 4.06. The highest BCUT2D eigenvalue weighted by molar-refractivity contribution is 5.57. The fraction of sp³-hybridized carbons (Fsp3) is 0.308. The maximum absolute atomic E-state index is 4.25. The quantitative estimate of drug-likeness (QED) is 0.457. The predicted molar refractivity (Wildman–Crippen MR) is 65.6 cm³/mol. The minimum atomic E-state index is 0.947. The van der Waals surface area contributed by atoms with Crippen molar-refractivity contribution in [1.29, 1.82) is 0 Å². The Morgan fingerprint density at radius 3 is 2.50 bits per heavy atom. The largest absolute Gasteiger partial charge is 0.261 e. The van der Waals surface area contributed by atoms with Crippen LogP contribution in [-0.2, 0) is 0 Å². The summed E-state index contributed by atoms with van der Waals surface area (Å²) in [6.45, 7) is 9.95. The minimum absolute atomic E-state index is 0.947. The summed E-state index contributed by atoms with van der Waals surface area (Å²) >= 11 is 0. The molecular formula is C13H19N. The third-order valence-electron chi connectivity index (χ3n) is 1.60. The van der Waals surface area contributed by atoms with E-state index < -0.39 is 0 Å². The molecule has 1 nitrogen and oxygen atoms in total. The number of allylic oxidation sites excluding steroid dienone is 5. The van der Waals surface area contributed by atoms with Crippen LogP contribution < -0.4 is 0 Å². The van der Waals surface area contributed by atoms with Crippen LogP contribution >= 0.6 is 0 Å². The van der Waals surface area contributed by atoms with Crippen LogP contribution in [0.4, 0.5) is 0 Å². The Hall–Kier alpha value is -1.37. The van der Waals surface area contributed by atoms with Crippen LogP contribution in [0.3, 0.4) is 0 Å². The van der Waals surface area contributed by atoms with Crippen molar-refractivity contribution in [3.8, 4) is 0 Å². The molecule has 0 heterocycles. The molecule has 0 aromatic rings. The van der Waals surface area contributed by atoms with Crippen LogP contribution in [0.2, 0.25) is 0 Å². The van der Waals surface area contributed by atoms with Gasteiger partial charge in [-0.15, -0.1) is 0 Å². The molecule has 0 fully saturated rings. The number of rotatable bonds is 5. The van der Waals surface area contributed by atoms with Gasteiger partial charge in [0, 0.05) is 6.21 Å². The normalized spacial score (nSPS) is 13.5. The summed E-state index contributed by atoms with van der Waals surface area (Å²) < 4.78 is 0. The topological polar surface area (TPSA) is 12.4 Å². The second kappa shape index (κ2) is 8.24. The van der Waals surface area contributed by atoms with Gasteiger partial charge in [-0.25, -0.2) is 0 Å². The highest BCUT2D eigenvalue weighted by Crippen LogP contribution is 2.11. The number of aliphatic imine (C=N–C) groups is 1. The first-order valence-corrected chi connectivity index (χ1v) is 4.93. The van der Waals surface area contributed by atoms with E-state index in [4.69, 9.17) is 0 Å². The van der Waals surface area contributed by atoms with E-state index in [9.17, 15) is 0 Å². The summed E-state index contributed by atoms with van der Waals surface area (Å²) in [5.41, 5.74) is 1.90. The van der Waals surface area contributed by atoms with Crippen molar-refractivity contribution in [3.05, 3.63) is 48.2 Å². The van der Waals surface area contributed by atoms with Gasteiger partial charge < -0.3 is 0 Å². The van der Waals surface area contributed by atoms with E-state index >= 15 is 0 Å². The lowest BCUT2D eigenvalue weighted by Crippen LogP contribution is -1.81. The molecule has 0 rings (SSSR count). The van der Waals surface area contributed by atoms with E-state index in [-0.39, 0.29) is 0 Å². The van der Waals surface area contributed by atoms with Gasteiger partial charge in [0.1, 0.15) is 0 Å². The number of hydrogen-bond acceptors (Lipinski definition) is 1. The molecule has 0 bridgehead atoms. The van der Waals surface area contributed by atoms with Gasteiger partial charge in [0.05, 0.1) is 5.70 Å². The average Bonchev–Trinajstić information content (AvgIpc) is 2.18. The van der Waals surface area contributed by atoms with Gasteiger partial charge in [-0.05, 0) is 25.8 Å². The van der Waals surface area contributed by atoms with Crippen LogP contribution in [0.5, 0.6) is 0 Å². The molecule has 0 aliphatic carbocycles. The highest BCUT2D eigenvalue weighted by atomic mass is 14.7. The Bertz CT molecular complexity index is 278. The molecule has 0 N–H and O–H groups in total. The van der Waals surface area contributed by atoms with E-state index in [0.717, 1.165) is 17.7 Å². The minimum Gasteiger partial charge on any atom is -0.261 e. The first-order valence-electron chi connectivity index (χ1n) is 4.93. The van der Waals surface area contributed by atoms with Crippen LogP contribution in [-0.4, -0.2) is 6.21 Å². The average molecular weight is 189 g/mol. The van der Waals surface area contributed by atoms with E-state index in [1.165, 1.54) is 0 Å². The number of hydrogen-bond donors (Lipinski definition) is 0. The molecule has 14 heavy (non-hydrogen) atoms. The Labute approximate surface area is 87.3 Å². The van der Waals surface area contributed by atoms with Crippen LogP contribution in [0.1, 0.15) is 27.2 Å². The van der Waals surface area contributed by atoms with Crippen molar-refractivity contribution in [3.63, 3.8) is 0 Å². The van der Waals surface area contributed by atoms with Gasteiger partial charge in [-0.1, -0.05) is 43.9 Å². The summed E-state index contributed by atoms with van der Waals surface area (Å²) in [4.78, 5) is 4.25. The second-order valence-electron chi connectivity index (χ2n) is 2.80. The van der Waals surface area contributed by atoms with Gasteiger partial charge in [-0.3, -0.25) is 4.99 Å². The second-order valence-corrected chi connectivity index (χ2v) is 2.80. The molecule has 0 aliphatic heterocycles. The smallest absolute Gasteiger partial charge is 0.0651 e. The van der Waals surface area contributed by atoms with E-state index in [1.807, 2.05) is 38.2 Å². The molecule has 0 unspecified atom stereocenters. The van der Waals surface area contributed by atoms with Crippen molar-refractivity contribution >= 4 is 6.21 Å². The molecular weight excluding hydrogens is 170 g/mol. The third kappa shape index (κ3) is 5.31. The van der Waals surface area contributed by atoms with Crippen LogP contribution in [0.15, 0.2) is 53.2 Å². The maximum atomic E-state index is 4.25. The molecule has 0 saturated heterocycles. The van der Waals surface area contributed by atoms with Gasteiger partial charge in [-0.2, -0.15) is 0 Å². The van der Waals surface area contributed by atoms with Gasteiger partial charge in [0.2, 0.25) is 0 Å². The standard InChI is InChI=1S/C13H19N/c1-5-8-9-11-12(4)13(10-6-2)14-7-3/h5,7-11H,4,6H2,1-3H3/b8-5-,11-9-,13-10-,14-7?. The van der Waals surface area contributed by atoms with Crippen molar-refractivity contribution in [2.24, 2.45) is 4.99 Å². The first-order chi connectivity index (χ1) is 6.76. The highest BCUT2D eigenvalue weighted by Gasteiger charge is 1.93. The van der Waals surface area contributed by atoms with Crippen molar-refractivity contribution in [1.82, 2.24) is 0 Å². The van der Waals surface area contributed by atoms with E-state index in [2.05, 4.69) is 24.6 Å². The first kappa shape index (κ1) is 12.6. The molecule has 0 saturated carbocycles. The molecule has 0 amide bonds. The van der Waals surface area contributed by atoms with Crippen LogP contribution in [0, 0.1) is 0 Å². The fourth-order valence-electron chi connectivity index (χ4n) is 0.967. The zero-order valence-electron chi connectivity index (χ0n) is 9.33. The van der Waals surface area contributed by atoms with E-state index in [0.29, 0.717) is 0 Å². The lowest BCUT2D eigenvalue weighted by Gasteiger charge is -1.99. The molecule has 0 aromatic heterocycles. The monoisotopic (exact) mass is 189 g/mol. The van der Waals surface area contributed by atoms with Gasteiger partial charge in [0.25, 0.3) is 0 Å². The van der Waals surface area contributed by atoms with Gasteiger partial charge >= 0.3 is 0 Å². The summed E-state index contributed by atoms with van der Waals surface area (Å²) in [6.07, 6.45) is 12.7. The summed E-state index contributed by atoms with van der Waals surface area (Å²) in [5, 5.41) is 0. The summed E-state index contributed by atoms with van der Waals surface area (Å²) in [5.74, 6) is 0. The Balaban J connectivity index is 4.53. The SMILES string of the molecule is C=C(/C=C\C=C/C)/C(=C/CC)N=CC. The molecule has 1 heteroatoms. The molecule has 0 radical (unpaired) electrons.